The van der Waals surface area contributed by atoms with Gasteiger partial charge < -0.3 is 19.8 Å². The molecule has 0 radical (unpaired) electrons. The molecule has 1 saturated heterocycles. The van der Waals surface area contributed by atoms with E-state index in [4.69, 9.17) is 4.74 Å². The van der Waals surface area contributed by atoms with Crippen molar-refractivity contribution in [2.24, 2.45) is 0 Å². The summed E-state index contributed by atoms with van der Waals surface area (Å²) in [5.74, 6) is 0.561. The van der Waals surface area contributed by atoms with Gasteiger partial charge in [-0.15, -0.1) is 12.4 Å². The Labute approximate surface area is 140 Å². The number of Topliss-reactive ketones (excluding diaryl/α,β-unsaturated/α-hetero) is 1. The van der Waals surface area contributed by atoms with Crippen LogP contribution in [0.4, 0.5) is 0 Å². The van der Waals surface area contributed by atoms with Crippen molar-refractivity contribution >= 4 is 18.2 Å². The highest BCUT2D eigenvalue weighted by molar-refractivity contribution is 5.90. The summed E-state index contributed by atoms with van der Waals surface area (Å²) >= 11 is 0. The number of ketones is 1. The number of hydrogen-bond donors (Lipinski definition) is 2. The summed E-state index contributed by atoms with van der Waals surface area (Å²) in [6.45, 7) is 0.828. The van der Waals surface area contributed by atoms with Crippen LogP contribution in [0.25, 0.3) is 0 Å². The van der Waals surface area contributed by atoms with E-state index in [0.29, 0.717) is 25.0 Å². The number of halogens is 1. The average Bonchev–Trinajstić information content (AvgIpc) is 2.85. The van der Waals surface area contributed by atoms with Crippen molar-refractivity contribution in [2.45, 2.75) is 48.8 Å². The second kappa shape index (κ2) is 4.41. The van der Waals surface area contributed by atoms with Crippen molar-refractivity contribution in [3.05, 3.63) is 23.3 Å². The lowest BCUT2D eigenvalue weighted by molar-refractivity contribution is -0.185. The predicted molar refractivity (Wildman–Crippen MR) is 85.4 cm³/mol. The van der Waals surface area contributed by atoms with Crippen LogP contribution < -0.4 is 4.74 Å². The monoisotopic (exact) mass is 337 g/mol. The number of aliphatic hydroxyl groups is 1. The van der Waals surface area contributed by atoms with E-state index in [1.807, 2.05) is 13.1 Å². The van der Waals surface area contributed by atoms with Crippen molar-refractivity contribution in [3.63, 3.8) is 0 Å². The molecule has 124 valence electrons. The largest absolute Gasteiger partial charge is 0.504 e. The molecule has 4 unspecified atom stereocenters. The summed E-state index contributed by atoms with van der Waals surface area (Å²) in [6, 6.07) is 3.57. The third-order valence-corrected chi connectivity index (χ3v) is 6.53. The van der Waals surface area contributed by atoms with Gasteiger partial charge in [-0.05, 0) is 44.5 Å². The SMILES string of the molecule is CN1CCC23c4c5ccc(O)c4OC2C(=O)CCC3(O)C1C5.Cl. The zero-order chi connectivity index (χ0) is 15.3. The Hall–Kier alpha value is -1.30. The fraction of sp³-hybridized carbons (Fsp3) is 0.588. The lowest BCUT2D eigenvalue weighted by atomic mass is 9.49. The first kappa shape index (κ1) is 15.2. The van der Waals surface area contributed by atoms with Gasteiger partial charge in [-0.3, -0.25) is 4.79 Å². The molecule has 2 aliphatic carbocycles. The third-order valence-electron chi connectivity index (χ3n) is 6.53. The van der Waals surface area contributed by atoms with Gasteiger partial charge in [0, 0.05) is 18.0 Å². The van der Waals surface area contributed by atoms with E-state index in [1.54, 1.807) is 6.07 Å². The lowest BCUT2D eigenvalue weighted by Gasteiger charge is -2.61. The maximum atomic E-state index is 12.5. The number of carbonyl (C=O) groups is 1. The van der Waals surface area contributed by atoms with Gasteiger partial charge in [-0.1, -0.05) is 6.07 Å². The molecule has 5 rings (SSSR count). The average molecular weight is 338 g/mol. The molecule has 2 N–H and O–H groups in total. The Morgan fingerprint density at radius 1 is 1.35 bits per heavy atom. The van der Waals surface area contributed by atoms with Crippen LogP contribution in [0.2, 0.25) is 0 Å². The number of rotatable bonds is 0. The van der Waals surface area contributed by atoms with Crippen LogP contribution in [-0.4, -0.2) is 52.2 Å². The van der Waals surface area contributed by atoms with Crippen LogP contribution in [0.3, 0.4) is 0 Å². The van der Waals surface area contributed by atoms with Crippen LogP contribution >= 0.6 is 12.4 Å². The van der Waals surface area contributed by atoms with E-state index in [1.165, 1.54) is 0 Å². The summed E-state index contributed by atoms with van der Waals surface area (Å²) in [4.78, 5) is 14.7. The highest BCUT2D eigenvalue weighted by Gasteiger charge is 2.72. The molecule has 1 saturated carbocycles. The van der Waals surface area contributed by atoms with Gasteiger partial charge in [-0.25, -0.2) is 0 Å². The molecule has 1 spiro atoms. The fourth-order valence-electron chi connectivity index (χ4n) is 5.54. The summed E-state index contributed by atoms with van der Waals surface area (Å²) in [7, 11) is 2.04. The van der Waals surface area contributed by atoms with Crippen molar-refractivity contribution < 1.29 is 19.7 Å². The molecule has 5 nitrogen and oxygen atoms in total. The molecule has 1 aromatic carbocycles. The molecule has 4 aliphatic rings. The molecule has 2 aliphatic heterocycles. The zero-order valence-electron chi connectivity index (χ0n) is 12.9. The Balaban J connectivity index is 0.00000135. The number of nitrogens with zero attached hydrogens (tertiary/aromatic N) is 1. The molecule has 2 bridgehead atoms. The highest BCUT2D eigenvalue weighted by Crippen LogP contribution is 2.64. The minimum absolute atomic E-state index is 0. The maximum Gasteiger partial charge on any atom is 0.174 e. The summed E-state index contributed by atoms with van der Waals surface area (Å²) in [5.41, 5.74) is 0.370. The first-order valence-corrected chi connectivity index (χ1v) is 7.96. The maximum absolute atomic E-state index is 12.5. The molecule has 23 heavy (non-hydrogen) atoms. The van der Waals surface area contributed by atoms with Gasteiger partial charge in [0.05, 0.1) is 11.0 Å². The number of ether oxygens (including phenoxy) is 1. The fourth-order valence-corrected chi connectivity index (χ4v) is 5.54. The van der Waals surface area contributed by atoms with Gasteiger partial charge in [0.2, 0.25) is 0 Å². The number of carbonyl (C=O) groups excluding carboxylic acids is 1. The van der Waals surface area contributed by atoms with Crippen LogP contribution in [0.15, 0.2) is 12.1 Å². The third kappa shape index (κ3) is 1.45. The second-order valence-electron chi connectivity index (χ2n) is 7.26. The molecule has 2 heterocycles. The van der Waals surface area contributed by atoms with E-state index >= 15 is 0 Å². The Bertz CT molecular complexity index is 723. The first-order chi connectivity index (χ1) is 10.5. The number of aromatic hydroxyl groups is 1. The standard InChI is InChI=1S/C17H19NO4.ClH/c1-18-7-6-16-13-9-2-3-10(19)14(13)22-15(16)11(20)4-5-17(16,21)12(18)8-9;/h2-3,12,15,19,21H,4-8H2,1H3;1H. The zero-order valence-corrected chi connectivity index (χ0v) is 13.7. The van der Waals surface area contributed by atoms with Crippen molar-refractivity contribution in [1.29, 1.82) is 0 Å². The summed E-state index contributed by atoms with van der Waals surface area (Å²) in [5, 5.41) is 21.8. The molecule has 6 heteroatoms. The number of phenolic OH excluding ortho intramolecular Hbond substituents is 1. The molecule has 0 amide bonds. The van der Waals surface area contributed by atoms with Crippen LogP contribution in [0.1, 0.15) is 30.4 Å². The van der Waals surface area contributed by atoms with Crippen molar-refractivity contribution in [3.8, 4) is 11.5 Å². The Kier molecular flexibility index (Phi) is 2.92. The van der Waals surface area contributed by atoms with Gasteiger partial charge in [0.25, 0.3) is 0 Å². The molecule has 1 aromatic rings. The quantitative estimate of drug-likeness (QED) is 0.743. The van der Waals surface area contributed by atoms with Crippen LogP contribution in [-0.2, 0) is 16.6 Å². The predicted octanol–water partition coefficient (Wildman–Crippen LogP) is 1.17. The van der Waals surface area contributed by atoms with Gasteiger partial charge >= 0.3 is 0 Å². The number of piperidine rings is 1. The molecular formula is C17H20ClNO4. The van der Waals surface area contributed by atoms with E-state index in [0.717, 1.165) is 24.1 Å². The van der Waals surface area contributed by atoms with Crippen molar-refractivity contribution in [2.75, 3.05) is 13.6 Å². The minimum atomic E-state index is -0.954. The molecule has 4 atom stereocenters. The first-order valence-electron chi connectivity index (χ1n) is 7.96. The van der Waals surface area contributed by atoms with Crippen LogP contribution in [0, 0.1) is 0 Å². The minimum Gasteiger partial charge on any atom is -0.504 e. The summed E-state index contributed by atoms with van der Waals surface area (Å²) < 4.78 is 5.94. The topological polar surface area (TPSA) is 70.0 Å². The normalized spacial score (nSPS) is 40.2. The number of benzene rings is 1. The van der Waals surface area contributed by atoms with E-state index in [9.17, 15) is 15.0 Å². The van der Waals surface area contributed by atoms with Crippen LogP contribution in [0.5, 0.6) is 11.5 Å². The molecule has 0 aromatic heterocycles. The van der Waals surface area contributed by atoms with Gasteiger partial charge in [0.15, 0.2) is 23.4 Å². The molecule has 2 fully saturated rings. The van der Waals surface area contributed by atoms with E-state index in [2.05, 4.69) is 4.90 Å². The molecular weight excluding hydrogens is 318 g/mol. The number of hydrogen-bond acceptors (Lipinski definition) is 5. The van der Waals surface area contributed by atoms with Gasteiger partial charge in [-0.2, -0.15) is 0 Å². The van der Waals surface area contributed by atoms with E-state index in [-0.39, 0.29) is 30.0 Å². The smallest absolute Gasteiger partial charge is 0.174 e. The number of likely N-dealkylation sites (N-methyl/N-ethyl adjacent to an activating group) is 1. The highest BCUT2D eigenvalue weighted by atomic mass is 35.5. The number of likely N-dealkylation sites (tertiary alicyclic amines) is 1. The lowest BCUT2D eigenvalue weighted by Crippen LogP contribution is -2.76. The summed E-state index contributed by atoms with van der Waals surface area (Å²) in [6.07, 6.45) is 1.61. The Morgan fingerprint density at radius 3 is 2.91 bits per heavy atom. The number of phenols is 1. The second-order valence-corrected chi connectivity index (χ2v) is 7.26. The Morgan fingerprint density at radius 2 is 2.13 bits per heavy atom. The van der Waals surface area contributed by atoms with Gasteiger partial charge in [0.1, 0.15) is 0 Å². The van der Waals surface area contributed by atoms with Crippen molar-refractivity contribution in [1.82, 2.24) is 4.90 Å². The van der Waals surface area contributed by atoms with E-state index < -0.39 is 17.1 Å².